The Morgan fingerprint density at radius 1 is 1.53 bits per heavy atom. The highest BCUT2D eigenvalue weighted by molar-refractivity contribution is 5.72. The lowest BCUT2D eigenvalue weighted by atomic mass is 10.1. The van der Waals surface area contributed by atoms with E-state index in [0.717, 1.165) is 11.1 Å². The van der Waals surface area contributed by atoms with Gasteiger partial charge in [0.05, 0.1) is 0 Å². The maximum atomic E-state index is 10.9. The van der Waals surface area contributed by atoms with E-state index in [1.165, 1.54) is 0 Å². The molecular formula is C13H19NO3. The zero-order valence-corrected chi connectivity index (χ0v) is 10.4. The number of hydrogen-bond donors (Lipinski definition) is 2. The molecule has 1 aromatic rings. The second-order valence-corrected chi connectivity index (χ2v) is 4.18. The van der Waals surface area contributed by atoms with Crippen molar-refractivity contribution in [3.05, 3.63) is 29.3 Å². The van der Waals surface area contributed by atoms with Crippen LogP contribution in [-0.4, -0.2) is 17.2 Å². The molecule has 94 valence electrons. The van der Waals surface area contributed by atoms with Gasteiger partial charge in [0.1, 0.15) is 5.75 Å². The summed E-state index contributed by atoms with van der Waals surface area (Å²) in [5.41, 5.74) is 7.68. The van der Waals surface area contributed by atoms with Crippen molar-refractivity contribution in [3.63, 3.8) is 0 Å². The van der Waals surface area contributed by atoms with Crippen molar-refractivity contribution in [2.75, 3.05) is 0 Å². The maximum absolute atomic E-state index is 10.9. The molecular weight excluding hydrogens is 218 g/mol. The topological polar surface area (TPSA) is 72.5 Å². The number of carboxylic acids is 1. The highest BCUT2D eigenvalue weighted by Gasteiger charge is 2.19. The van der Waals surface area contributed by atoms with Crippen molar-refractivity contribution >= 4 is 5.97 Å². The molecule has 2 atom stereocenters. The first-order valence-electron chi connectivity index (χ1n) is 5.71. The van der Waals surface area contributed by atoms with Crippen LogP contribution in [0.5, 0.6) is 5.75 Å². The van der Waals surface area contributed by atoms with E-state index >= 15 is 0 Å². The van der Waals surface area contributed by atoms with Crippen molar-refractivity contribution in [1.29, 1.82) is 0 Å². The van der Waals surface area contributed by atoms with Gasteiger partial charge in [-0.1, -0.05) is 19.1 Å². The number of aryl methyl sites for hydroxylation is 1. The number of ether oxygens (including phenoxy) is 1. The zero-order chi connectivity index (χ0) is 13.0. The van der Waals surface area contributed by atoms with E-state index in [0.29, 0.717) is 12.2 Å². The van der Waals surface area contributed by atoms with E-state index in [1.54, 1.807) is 6.92 Å². The first-order chi connectivity index (χ1) is 7.95. The quantitative estimate of drug-likeness (QED) is 0.823. The molecule has 0 spiro atoms. The van der Waals surface area contributed by atoms with Crippen LogP contribution in [0.25, 0.3) is 0 Å². The highest BCUT2D eigenvalue weighted by atomic mass is 16.5. The average Bonchev–Trinajstić information content (AvgIpc) is 2.25. The SMILES string of the molecule is CCC(Oc1cc(C)ccc1[C@@H](C)N)C(=O)O. The van der Waals surface area contributed by atoms with E-state index < -0.39 is 12.1 Å². The number of aliphatic carboxylic acids is 1. The molecule has 0 radical (unpaired) electrons. The summed E-state index contributed by atoms with van der Waals surface area (Å²) in [4.78, 5) is 10.9. The van der Waals surface area contributed by atoms with E-state index in [9.17, 15) is 4.79 Å². The number of benzene rings is 1. The molecule has 0 aliphatic heterocycles. The van der Waals surface area contributed by atoms with Gasteiger partial charge in [-0.2, -0.15) is 0 Å². The Morgan fingerprint density at radius 2 is 2.18 bits per heavy atom. The van der Waals surface area contributed by atoms with Crippen LogP contribution in [0.1, 0.15) is 37.4 Å². The minimum Gasteiger partial charge on any atom is -0.479 e. The molecule has 0 amide bonds. The van der Waals surface area contributed by atoms with E-state index in [4.69, 9.17) is 15.6 Å². The van der Waals surface area contributed by atoms with Gasteiger partial charge >= 0.3 is 5.97 Å². The van der Waals surface area contributed by atoms with Gasteiger partial charge in [-0.3, -0.25) is 0 Å². The lowest BCUT2D eigenvalue weighted by Crippen LogP contribution is -2.26. The van der Waals surface area contributed by atoms with Crippen molar-refractivity contribution < 1.29 is 14.6 Å². The highest BCUT2D eigenvalue weighted by Crippen LogP contribution is 2.26. The van der Waals surface area contributed by atoms with Crippen molar-refractivity contribution in [2.24, 2.45) is 5.73 Å². The Morgan fingerprint density at radius 3 is 2.65 bits per heavy atom. The molecule has 0 heterocycles. The Kier molecular flexibility index (Phi) is 4.52. The summed E-state index contributed by atoms with van der Waals surface area (Å²) in [5, 5.41) is 8.98. The summed E-state index contributed by atoms with van der Waals surface area (Å²) in [6.45, 7) is 5.55. The fraction of sp³-hybridized carbons (Fsp3) is 0.462. The second kappa shape index (κ2) is 5.68. The van der Waals surface area contributed by atoms with Crippen LogP contribution in [0, 0.1) is 6.92 Å². The largest absolute Gasteiger partial charge is 0.479 e. The zero-order valence-electron chi connectivity index (χ0n) is 10.4. The molecule has 0 aliphatic carbocycles. The molecule has 4 nitrogen and oxygen atoms in total. The molecule has 3 N–H and O–H groups in total. The van der Waals surface area contributed by atoms with Crippen molar-refractivity contribution in [2.45, 2.75) is 39.3 Å². The van der Waals surface area contributed by atoms with Crippen LogP contribution in [0.15, 0.2) is 18.2 Å². The molecule has 0 saturated heterocycles. The molecule has 4 heteroatoms. The molecule has 0 saturated carbocycles. The Bertz CT molecular complexity index is 402. The first kappa shape index (κ1) is 13.5. The second-order valence-electron chi connectivity index (χ2n) is 4.18. The maximum Gasteiger partial charge on any atom is 0.344 e. The standard InChI is InChI=1S/C13H19NO3/c1-4-11(13(15)16)17-12-7-8(2)5-6-10(12)9(3)14/h5-7,9,11H,4,14H2,1-3H3,(H,15,16)/t9-,11?/m1/s1. The van der Waals surface area contributed by atoms with Crippen LogP contribution in [0.4, 0.5) is 0 Å². The minimum atomic E-state index is -0.954. The Hall–Kier alpha value is -1.55. The van der Waals surface area contributed by atoms with E-state index in [1.807, 2.05) is 32.0 Å². The molecule has 0 fully saturated rings. The van der Waals surface area contributed by atoms with Gasteiger partial charge in [0, 0.05) is 11.6 Å². The molecule has 17 heavy (non-hydrogen) atoms. The van der Waals surface area contributed by atoms with Gasteiger partial charge in [-0.25, -0.2) is 4.79 Å². The van der Waals surface area contributed by atoms with Gasteiger partial charge in [-0.05, 0) is 31.9 Å². The monoisotopic (exact) mass is 237 g/mol. The number of nitrogens with two attached hydrogens (primary N) is 1. The van der Waals surface area contributed by atoms with Gasteiger partial charge in [0.2, 0.25) is 0 Å². The smallest absolute Gasteiger partial charge is 0.344 e. The van der Waals surface area contributed by atoms with Gasteiger partial charge in [0.25, 0.3) is 0 Å². The van der Waals surface area contributed by atoms with E-state index in [2.05, 4.69) is 0 Å². The van der Waals surface area contributed by atoms with E-state index in [-0.39, 0.29) is 6.04 Å². The summed E-state index contributed by atoms with van der Waals surface area (Å²) in [7, 11) is 0. The molecule has 1 aromatic carbocycles. The fourth-order valence-electron chi connectivity index (χ4n) is 1.58. The summed E-state index contributed by atoms with van der Waals surface area (Å²) in [6, 6.07) is 5.46. The number of rotatable bonds is 5. The van der Waals surface area contributed by atoms with Gasteiger partial charge in [-0.15, -0.1) is 0 Å². The van der Waals surface area contributed by atoms with Crippen LogP contribution in [-0.2, 0) is 4.79 Å². The third-order valence-electron chi connectivity index (χ3n) is 2.58. The fourth-order valence-corrected chi connectivity index (χ4v) is 1.58. The lowest BCUT2D eigenvalue weighted by molar-refractivity contribution is -0.145. The minimum absolute atomic E-state index is 0.183. The summed E-state index contributed by atoms with van der Waals surface area (Å²) < 4.78 is 5.52. The first-order valence-corrected chi connectivity index (χ1v) is 5.71. The number of carbonyl (C=O) groups is 1. The number of carboxylic acid groups (broad SMARTS) is 1. The molecule has 1 unspecified atom stereocenters. The molecule has 1 rings (SSSR count). The summed E-state index contributed by atoms with van der Waals surface area (Å²) in [5.74, 6) is -0.390. The van der Waals surface area contributed by atoms with Crippen molar-refractivity contribution in [1.82, 2.24) is 0 Å². The lowest BCUT2D eigenvalue weighted by Gasteiger charge is -2.18. The van der Waals surface area contributed by atoms with Crippen LogP contribution >= 0.6 is 0 Å². The van der Waals surface area contributed by atoms with Crippen LogP contribution in [0.2, 0.25) is 0 Å². The molecule has 0 aliphatic rings. The van der Waals surface area contributed by atoms with Gasteiger partial charge < -0.3 is 15.6 Å². The van der Waals surface area contributed by atoms with Crippen LogP contribution in [0.3, 0.4) is 0 Å². The number of hydrogen-bond acceptors (Lipinski definition) is 3. The summed E-state index contributed by atoms with van der Waals surface area (Å²) >= 11 is 0. The third kappa shape index (κ3) is 3.46. The van der Waals surface area contributed by atoms with Crippen LogP contribution < -0.4 is 10.5 Å². The van der Waals surface area contributed by atoms with Crippen molar-refractivity contribution in [3.8, 4) is 5.75 Å². The Balaban J connectivity index is 3.02. The predicted molar refractivity (Wildman–Crippen MR) is 66.1 cm³/mol. The van der Waals surface area contributed by atoms with Gasteiger partial charge in [0.15, 0.2) is 6.10 Å². The molecule has 0 aromatic heterocycles. The predicted octanol–water partition coefficient (Wildman–Crippen LogP) is 2.26. The third-order valence-corrected chi connectivity index (χ3v) is 2.58. The average molecular weight is 237 g/mol. The summed E-state index contributed by atoms with van der Waals surface area (Å²) in [6.07, 6.45) is -0.406. The normalized spacial score (nSPS) is 14.1. The molecule has 0 bridgehead atoms. The Labute approximate surface area is 101 Å².